The first-order chi connectivity index (χ1) is 10.2. The van der Waals surface area contributed by atoms with Crippen LogP contribution in [-0.4, -0.2) is 41.2 Å². The van der Waals surface area contributed by atoms with Gasteiger partial charge >= 0.3 is 5.97 Å². The predicted octanol–water partition coefficient (Wildman–Crippen LogP) is 2.93. The van der Waals surface area contributed by atoms with Crippen LogP contribution in [0.5, 0.6) is 0 Å². The van der Waals surface area contributed by atoms with Crippen LogP contribution in [0.15, 0.2) is 18.2 Å². The summed E-state index contributed by atoms with van der Waals surface area (Å²) >= 11 is 3.33. The van der Waals surface area contributed by atoms with E-state index in [0.717, 1.165) is 36.2 Å². The number of aromatic nitrogens is 2. The monoisotopic (exact) mass is 354 g/mol. The molecule has 0 atom stereocenters. The number of nitrogens with zero attached hydrogens (tertiary/aromatic N) is 2. The van der Waals surface area contributed by atoms with Crippen LogP contribution >= 0.6 is 15.9 Å². The average Bonchev–Trinajstić information content (AvgIpc) is 2.82. The molecule has 21 heavy (non-hydrogen) atoms. The number of ether oxygens (including phenoxy) is 2. The Labute approximate surface area is 132 Å². The second-order valence-corrected chi connectivity index (χ2v) is 5.42. The highest BCUT2D eigenvalue weighted by Gasteiger charge is 2.15. The Bertz CT molecular complexity index is 625. The highest BCUT2D eigenvalue weighted by molar-refractivity contribution is 9.09. The van der Waals surface area contributed by atoms with Gasteiger partial charge in [0.25, 0.3) is 0 Å². The van der Waals surface area contributed by atoms with E-state index in [4.69, 9.17) is 9.47 Å². The molecule has 2 rings (SSSR count). The molecule has 0 unspecified atom stereocenters. The van der Waals surface area contributed by atoms with E-state index in [9.17, 15) is 4.79 Å². The second-order valence-electron chi connectivity index (χ2n) is 4.63. The Morgan fingerprint density at radius 2 is 2.19 bits per heavy atom. The van der Waals surface area contributed by atoms with Crippen molar-refractivity contribution in [1.82, 2.24) is 9.55 Å². The lowest BCUT2D eigenvalue weighted by molar-refractivity contribution is 0.0603. The zero-order chi connectivity index (χ0) is 15.2. The third-order valence-electron chi connectivity index (χ3n) is 3.27. The minimum Gasteiger partial charge on any atom is -0.465 e. The fourth-order valence-corrected chi connectivity index (χ4v) is 2.53. The van der Waals surface area contributed by atoms with Crippen LogP contribution in [0.3, 0.4) is 0 Å². The van der Waals surface area contributed by atoms with Crippen molar-refractivity contribution in [2.24, 2.45) is 0 Å². The van der Waals surface area contributed by atoms with Crippen LogP contribution in [0.1, 0.15) is 22.6 Å². The summed E-state index contributed by atoms with van der Waals surface area (Å²) in [6, 6.07) is 5.57. The zero-order valence-electron chi connectivity index (χ0n) is 12.3. The van der Waals surface area contributed by atoms with Crippen LogP contribution in [0.4, 0.5) is 0 Å². The lowest BCUT2D eigenvalue weighted by Crippen LogP contribution is -2.06. The van der Waals surface area contributed by atoms with E-state index in [2.05, 4.69) is 25.5 Å². The average molecular weight is 355 g/mol. The fourth-order valence-electron chi connectivity index (χ4n) is 2.30. The van der Waals surface area contributed by atoms with Crippen molar-refractivity contribution in [3.8, 4) is 0 Å². The number of hydrogen-bond donors (Lipinski definition) is 0. The van der Waals surface area contributed by atoms with Crippen LogP contribution in [-0.2, 0) is 16.0 Å². The lowest BCUT2D eigenvalue weighted by Gasteiger charge is -2.07. The summed E-state index contributed by atoms with van der Waals surface area (Å²) in [5.41, 5.74) is 2.16. The highest BCUT2D eigenvalue weighted by Crippen LogP contribution is 2.21. The highest BCUT2D eigenvalue weighted by atomic mass is 79.9. The number of esters is 1. The van der Waals surface area contributed by atoms with E-state index in [1.54, 1.807) is 6.07 Å². The molecule has 0 N–H and O–H groups in total. The first-order valence-electron chi connectivity index (χ1n) is 6.87. The first-order valence-corrected chi connectivity index (χ1v) is 7.99. The van der Waals surface area contributed by atoms with Crippen molar-refractivity contribution < 1.29 is 14.3 Å². The molecule has 0 saturated heterocycles. The molecule has 2 aromatic rings. The van der Waals surface area contributed by atoms with Gasteiger partial charge in [0.1, 0.15) is 11.3 Å². The van der Waals surface area contributed by atoms with Gasteiger partial charge in [-0.05, 0) is 25.5 Å². The molecular weight excluding hydrogens is 336 g/mol. The van der Waals surface area contributed by atoms with Crippen LogP contribution in [0.25, 0.3) is 11.0 Å². The molecule has 0 amide bonds. The maximum Gasteiger partial charge on any atom is 0.340 e. The molecule has 0 aliphatic rings. The van der Waals surface area contributed by atoms with Gasteiger partial charge in [-0.25, -0.2) is 9.78 Å². The molecule has 0 saturated carbocycles. The van der Waals surface area contributed by atoms with Gasteiger partial charge in [-0.3, -0.25) is 0 Å². The summed E-state index contributed by atoms with van der Waals surface area (Å²) in [7, 11) is 1.38. The molecule has 6 heteroatoms. The Balaban J connectivity index is 2.21. The summed E-state index contributed by atoms with van der Waals surface area (Å²) in [6.45, 7) is 4.19. The minimum absolute atomic E-state index is 0.356. The van der Waals surface area contributed by atoms with Crippen molar-refractivity contribution in [2.45, 2.75) is 19.9 Å². The van der Waals surface area contributed by atoms with Crippen LogP contribution in [0, 0.1) is 6.92 Å². The quantitative estimate of drug-likeness (QED) is 0.435. The third kappa shape index (κ3) is 3.63. The zero-order valence-corrected chi connectivity index (χ0v) is 13.9. The van der Waals surface area contributed by atoms with Crippen molar-refractivity contribution in [1.29, 1.82) is 0 Å². The Hall–Kier alpha value is -1.40. The van der Waals surface area contributed by atoms with Crippen molar-refractivity contribution in [3.05, 3.63) is 29.6 Å². The first kappa shape index (κ1) is 16.0. The lowest BCUT2D eigenvalue weighted by atomic mass is 10.2. The number of benzene rings is 1. The molecule has 1 aromatic heterocycles. The van der Waals surface area contributed by atoms with E-state index in [0.29, 0.717) is 17.7 Å². The Morgan fingerprint density at radius 3 is 2.90 bits per heavy atom. The minimum atomic E-state index is -0.356. The summed E-state index contributed by atoms with van der Waals surface area (Å²) < 4.78 is 12.4. The molecule has 1 heterocycles. The molecular formula is C15H19BrN2O3. The van der Waals surface area contributed by atoms with E-state index in [1.807, 2.05) is 19.1 Å². The topological polar surface area (TPSA) is 53.3 Å². The Kier molecular flexibility index (Phi) is 5.76. The second kappa shape index (κ2) is 7.56. The predicted molar refractivity (Wildman–Crippen MR) is 85.0 cm³/mol. The van der Waals surface area contributed by atoms with Gasteiger partial charge in [0.05, 0.1) is 24.8 Å². The normalized spacial score (nSPS) is 11.0. The number of carbonyl (C=O) groups is 1. The van der Waals surface area contributed by atoms with Gasteiger partial charge in [-0.1, -0.05) is 22.0 Å². The number of alkyl halides is 1. The van der Waals surface area contributed by atoms with Crippen LogP contribution in [0.2, 0.25) is 0 Å². The molecule has 0 radical (unpaired) electrons. The van der Waals surface area contributed by atoms with Gasteiger partial charge < -0.3 is 14.0 Å². The number of aryl methyl sites for hydroxylation is 2. The van der Waals surface area contributed by atoms with Crippen LogP contribution < -0.4 is 0 Å². The number of halogens is 1. The SMILES string of the molecule is COC(=O)c1cccc2c1nc(C)n2CCCOCCBr. The maximum absolute atomic E-state index is 11.8. The number of methoxy groups -OCH3 is 1. The largest absolute Gasteiger partial charge is 0.465 e. The Morgan fingerprint density at radius 1 is 1.38 bits per heavy atom. The number of para-hydroxylation sites is 1. The van der Waals surface area contributed by atoms with Gasteiger partial charge in [-0.2, -0.15) is 0 Å². The van der Waals surface area contributed by atoms with Crippen molar-refractivity contribution in [2.75, 3.05) is 25.7 Å². The smallest absolute Gasteiger partial charge is 0.340 e. The standard InChI is InChI=1S/C15H19BrN2O3/c1-11-17-14-12(15(19)20-2)5-3-6-13(14)18(11)8-4-9-21-10-7-16/h3,5-6H,4,7-10H2,1-2H3. The fraction of sp³-hybridized carbons (Fsp3) is 0.467. The summed E-state index contributed by atoms with van der Waals surface area (Å²) in [5.74, 6) is 0.535. The molecule has 0 aliphatic heterocycles. The van der Waals surface area contributed by atoms with Gasteiger partial charge in [-0.15, -0.1) is 0 Å². The van der Waals surface area contributed by atoms with Gasteiger partial charge in [0.15, 0.2) is 0 Å². The van der Waals surface area contributed by atoms with E-state index < -0.39 is 0 Å². The summed E-state index contributed by atoms with van der Waals surface area (Å²) in [4.78, 5) is 16.3. The molecule has 1 aromatic carbocycles. The van der Waals surface area contributed by atoms with E-state index in [1.165, 1.54) is 7.11 Å². The van der Waals surface area contributed by atoms with Crippen molar-refractivity contribution >= 4 is 32.9 Å². The van der Waals surface area contributed by atoms with E-state index in [-0.39, 0.29) is 5.97 Å². The van der Waals surface area contributed by atoms with Gasteiger partial charge in [0, 0.05) is 18.5 Å². The number of carbonyl (C=O) groups excluding carboxylic acids is 1. The van der Waals surface area contributed by atoms with Gasteiger partial charge in [0.2, 0.25) is 0 Å². The number of fused-ring (bicyclic) bond motifs is 1. The number of hydrogen-bond acceptors (Lipinski definition) is 4. The summed E-state index contributed by atoms with van der Waals surface area (Å²) in [5, 5.41) is 0.850. The van der Waals surface area contributed by atoms with Crippen molar-refractivity contribution in [3.63, 3.8) is 0 Å². The van der Waals surface area contributed by atoms with E-state index >= 15 is 0 Å². The molecule has 0 bridgehead atoms. The third-order valence-corrected chi connectivity index (χ3v) is 3.59. The number of imidazole rings is 1. The molecule has 5 nitrogen and oxygen atoms in total. The molecule has 0 spiro atoms. The number of rotatable bonds is 7. The molecule has 0 fully saturated rings. The summed E-state index contributed by atoms with van der Waals surface area (Å²) in [6.07, 6.45) is 0.905. The molecule has 0 aliphatic carbocycles. The maximum atomic E-state index is 11.8. The molecule has 114 valence electrons.